The molecule has 0 saturated heterocycles. The molecule has 0 N–H and O–H groups in total. The minimum Gasteiger partial charge on any atom is -0.455 e. The highest BCUT2D eigenvalue weighted by molar-refractivity contribution is 9.10. The number of hydrogen-bond acceptors (Lipinski definition) is 3. The molecule has 0 amide bonds. The Bertz CT molecular complexity index is 674. The smallest absolute Gasteiger partial charge is 0.163 e. The quantitative estimate of drug-likeness (QED) is 0.793. The van der Waals surface area contributed by atoms with E-state index in [0.29, 0.717) is 22.6 Å². The Kier molecular flexibility index (Phi) is 3.98. The summed E-state index contributed by atoms with van der Waals surface area (Å²) in [4.78, 5) is 11.6. The van der Waals surface area contributed by atoms with Crippen molar-refractivity contribution in [1.82, 2.24) is 0 Å². The number of nitriles is 1. The molecular formula is C15H10BrNO2. The summed E-state index contributed by atoms with van der Waals surface area (Å²) in [5.74, 6) is 0.784. The third kappa shape index (κ3) is 3.01. The van der Waals surface area contributed by atoms with Crippen LogP contribution in [0.25, 0.3) is 0 Å². The third-order valence-corrected chi connectivity index (χ3v) is 3.04. The number of rotatable bonds is 3. The van der Waals surface area contributed by atoms with E-state index in [1.807, 2.05) is 0 Å². The van der Waals surface area contributed by atoms with Gasteiger partial charge in [-0.15, -0.1) is 0 Å². The van der Waals surface area contributed by atoms with Gasteiger partial charge in [-0.3, -0.25) is 4.79 Å². The van der Waals surface area contributed by atoms with E-state index in [2.05, 4.69) is 22.0 Å². The average molecular weight is 316 g/mol. The SMILES string of the molecule is CC(=O)c1ccc(Br)cc1Oc1ccccc1C#N. The van der Waals surface area contributed by atoms with Crippen LogP contribution in [0.1, 0.15) is 22.8 Å². The number of Topliss-reactive ketones (excluding diaryl/α,β-unsaturated/α-hetero) is 1. The minimum absolute atomic E-state index is 0.0862. The first-order chi connectivity index (χ1) is 9.11. The summed E-state index contributed by atoms with van der Waals surface area (Å²) in [5.41, 5.74) is 0.910. The van der Waals surface area contributed by atoms with Crippen LogP contribution in [0.3, 0.4) is 0 Å². The van der Waals surface area contributed by atoms with Crippen LogP contribution in [-0.2, 0) is 0 Å². The van der Waals surface area contributed by atoms with Gasteiger partial charge < -0.3 is 4.74 Å². The average Bonchev–Trinajstić information content (AvgIpc) is 2.39. The Balaban J connectivity index is 2.46. The Morgan fingerprint density at radius 2 is 1.95 bits per heavy atom. The van der Waals surface area contributed by atoms with Crippen molar-refractivity contribution in [2.24, 2.45) is 0 Å². The van der Waals surface area contributed by atoms with Gasteiger partial charge in [0, 0.05) is 4.47 Å². The van der Waals surface area contributed by atoms with Gasteiger partial charge in [-0.2, -0.15) is 5.26 Å². The number of benzene rings is 2. The van der Waals surface area contributed by atoms with E-state index in [0.717, 1.165) is 4.47 Å². The zero-order valence-electron chi connectivity index (χ0n) is 10.2. The summed E-state index contributed by atoms with van der Waals surface area (Å²) in [6.07, 6.45) is 0. The zero-order valence-corrected chi connectivity index (χ0v) is 11.8. The molecule has 0 heterocycles. The van der Waals surface area contributed by atoms with E-state index in [9.17, 15) is 4.79 Å². The van der Waals surface area contributed by atoms with Crippen molar-refractivity contribution in [2.75, 3.05) is 0 Å². The van der Waals surface area contributed by atoms with E-state index >= 15 is 0 Å². The van der Waals surface area contributed by atoms with Gasteiger partial charge in [-0.05, 0) is 37.3 Å². The molecule has 4 heteroatoms. The fourth-order valence-electron chi connectivity index (χ4n) is 1.64. The number of carbonyl (C=O) groups excluding carboxylic acids is 1. The molecule has 0 radical (unpaired) electrons. The van der Waals surface area contributed by atoms with Crippen LogP contribution in [-0.4, -0.2) is 5.78 Å². The molecule has 0 bridgehead atoms. The van der Waals surface area contributed by atoms with Gasteiger partial charge in [0.05, 0.1) is 11.1 Å². The Morgan fingerprint density at radius 3 is 2.63 bits per heavy atom. The Labute approximate surface area is 119 Å². The van der Waals surface area contributed by atoms with Crippen LogP contribution >= 0.6 is 15.9 Å². The number of ketones is 1. The van der Waals surface area contributed by atoms with Gasteiger partial charge >= 0.3 is 0 Å². The highest BCUT2D eigenvalue weighted by atomic mass is 79.9. The first-order valence-corrected chi connectivity index (χ1v) is 6.38. The van der Waals surface area contributed by atoms with E-state index in [4.69, 9.17) is 10.00 Å². The molecule has 2 rings (SSSR count). The molecule has 94 valence electrons. The summed E-state index contributed by atoms with van der Waals surface area (Å²) < 4.78 is 6.51. The van der Waals surface area contributed by atoms with Crippen LogP contribution in [0.4, 0.5) is 0 Å². The summed E-state index contributed by atoms with van der Waals surface area (Å²) >= 11 is 3.34. The topological polar surface area (TPSA) is 50.1 Å². The van der Waals surface area contributed by atoms with Crippen molar-refractivity contribution in [3.05, 3.63) is 58.1 Å². The Hall–Kier alpha value is -2.12. The molecule has 0 spiro atoms. The first-order valence-electron chi connectivity index (χ1n) is 5.59. The molecular weight excluding hydrogens is 306 g/mol. The van der Waals surface area contributed by atoms with Gasteiger partial charge in [-0.1, -0.05) is 28.1 Å². The predicted octanol–water partition coefficient (Wildman–Crippen LogP) is 4.32. The summed E-state index contributed by atoms with van der Waals surface area (Å²) in [7, 11) is 0. The molecule has 0 aromatic heterocycles. The fourth-order valence-corrected chi connectivity index (χ4v) is 1.98. The molecule has 0 fully saturated rings. The lowest BCUT2D eigenvalue weighted by atomic mass is 10.1. The molecule has 2 aromatic carbocycles. The number of nitrogens with zero attached hydrogens (tertiary/aromatic N) is 1. The number of halogens is 1. The number of hydrogen-bond donors (Lipinski definition) is 0. The normalized spacial score (nSPS) is 9.74. The monoisotopic (exact) mass is 315 g/mol. The number of para-hydroxylation sites is 1. The maximum atomic E-state index is 11.6. The van der Waals surface area contributed by atoms with Crippen LogP contribution < -0.4 is 4.74 Å². The lowest BCUT2D eigenvalue weighted by Crippen LogP contribution is -1.98. The second-order valence-corrected chi connectivity index (χ2v) is 4.82. The minimum atomic E-state index is -0.0862. The van der Waals surface area contributed by atoms with Crippen molar-refractivity contribution in [3.63, 3.8) is 0 Å². The lowest BCUT2D eigenvalue weighted by Gasteiger charge is -2.10. The van der Waals surface area contributed by atoms with Crippen molar-refractivity contribution >= 4 is 21.7 Å². The van der Waals surface area contributed by atoms with Gasteiger partial charge in [0.1, 0.15) is 17.6 Å². The molecule has 0 unspecified atom stereocenters. The molecule has 0 aliphatic rings. The van der Waals surface area contributed by atoms with Gasteiger partial charge in [0.2, 0.25) is 0 Å². The number of carbonyl (C=O) groups is 1. The van der Waals surface area contributed by atoms with E-state index in [1.54, 1.807) is 42.5 Å². The van der Waals surface area contributed by atoms with Crippen LogP contribution in [0.2, 0.25) is 0 Å². The van der Waals surface area contributed by atoms with E-state index in [1.165, 1.54) is 6.92 Å². The largest absolute Gasteiger partial charge is 0.455 e. The number of ether oxygens (including phenoxy) is 1. The molecule has 3 nitrogen and oxygen atoms in total. The highest BCUT2D eigenvalue weighted by Crippen LogP contribution is 2.30. The Morgan fingerprint density at radius 1 is 1.21 bits per heavy atom. The molecule has 0 atom stereocenters. The molecule has 19 heavy (non-hydrogen) atoms. The molecule has 2 aromatic rings. The first kappa shape index (κ1) is 13.3. The summed E-state index contributed by atoms with van der Waals surface area (Å²) in [5, 5.41) is 9.02. The fraction of sp³-hybridized carbons (Fsp3) is 0.0667. The zero-order chi connectivity index (χ0) is 13.8. The molecule has 0 aliphatic carbocycles. The standard InChI is InChI=1S/C15H10BrNO2/c1-10(18)13-7-6-12(16)8-15(13)19-14-5-3-2-4-11(14)9-17/h2-8H,1H3. The van der Waals surface area contributed by atoms with Gasteiger partial charge in [0.25, 0.3) is 0 Å². The second-order valence-electron chi connectivity index (χ2n) is 3.91. The van der Waals surface area contributed by atoms with Crippen molar-refractivity contribution in [3.8, 4) is 17.6 Å². The van der Waals surface area contributed by atoms with Crippen molar-refractivity contribution < 1.29 is 9.53 Å². The molecule has 0 aliphatic heterocycles. The van der Waals surface area contributed by atoms with E-state index < -0.39 is 0 Å². The van der Waals surface area contributed by atoms with Crippen LogP contribution in [0, 0.1) is 11.3 Å². The van der Waals surface area contributed by atoms with E-state index in [-0.39, 0.29) is 5.78 Å². The highest BCUT2D eigenvalue weighted by Gasteiger charge is 2.11. The summed E-state index contributed by atoms with van der Waals surface area (Å²) in [6, 6.07) is 14.1. The lowest BCUT2D eigenvalue weighted by molar-refractivity contribution is 0.101. The second kappa shape index (κ2) is 5.68. The van der Waals surface area contributed by atoms with Crippen molar-refractivity contribution in [1.29, 1.82) is 5.26 Å². The molecule has 0 saturated carbocycles. The van der Waals surface area contributed by atoms with Crippen molar-refractivity contribution in [2.45, 2.75) is 6.92 Å². The van der Waals surface area contributed by atoms with Gasteiger partial charge in [-0.25, -0.2) is 0 Å². The third-order valence-electron chi connectivity index (χ3n) is 2.55. The maximum Gasteiger partial charge on any atom is 0.163 e. The van der Waals surface area contributed by atoms with Crippen LogP contribution in [0.5, 0.6) is 11.5 Å². The summed E-state index contributed by atoms with van der Waals surface area (Å²) in [6.45, 7) is 1.48. The predicted molar refractivity (Wildman–Crippen MR) is 75.4 cm³/mol. The maximum absolute atomic E-state index is 11.6. The van der Waals surface area contributed by atoms with Gasteiger partial charge in [0.15, 0.2) is 5.78 Å². The van der Waals surface area contributed by atoms with Crippen LogP contribution in [0.15, 0.2) is 46.9 Å².